The van der Waals surface area contributed by atoms with E-state index >= 15 is 0 Å². The van der Waals surface area contributed by atoms with E-state index in [1.807, 2.05) is 30.3 Å². The highest BCUT2D eigenvalue weighted by Gasteiger charge is 1.89. The SMILES string of the molecule is C[C@@H](O)/C=C/C#CCCOCc1ccccc1. The molecule has 0 bridgehead atoms. The maximum atomic E-state index is 8.94. The van der Waals surface area contributed by atoms with Gasteiger partial charge in [0.05, 0.1) is 19.3 Å². The van der Waals surface area contributed by atoms with E-state index in [1.165, 1.54) is 5.56 Å². The molecule has 1 atom stereocenters. The highest BCUT2D eigenvalue weighted by Crippen LogP contribution is 2.00. The Hall–Kier alpha value is -1.56. The second kappa shape index (κ2) is 8.58. The lowest BCUT2D eigenvalue weighted by Gasteiger charge is -2.00. The molecule has 0 saturated carbocycles. The third kappa shape index (κ3) is 7.35. The zero-order chi connectivity index (χ0) is 12.3. The van der Waals surface area contributed by atoms with Crippen molar-refractivity contribution in [3.05, 3.63) is 48.0 Å². The summed E-state index contributed by atoms with van der Waals surface area (Å²) in [6.07, 6.45) is 3.59. The molecule has 0 heterocycles. The lowest BCUT2D eigenvalue weighted by Crippen LogP contribution is -1.94. The molecule has 2 nitrogen and oxygen atoms in total. The van der Waals surface area contributed by atoms with E-state index in [-0.39, 0.29) is 0 Å². The van der Waals surface area contributed by atoms with Gasteiger partial charge in [-0.3, -0.25) is 0 Å². The lowest BCUT2D eigenvalue weighted by atomic mass is 10.2. The van der Waals surface area contributed by atoms with E-state index in [9.17, 15) is 0 Å². The Morgan fingerprint density at radius 3 is 2.82 bits per heavy atom. The largest absolute Gasteiger partial charge is 0.389 e. The molecule has 0 radical (unpaired) electrons. The zero-order valence-corrected chi connectivity index (χ0v) is 10.1. The first-order valence-corrected chi connectivity index (χ1v) is 5.74. The summed E-state index contributed by atoms with van der Waals surface area (Å²) in [7, 11) is 0. The van der Waals surface area contributed by atoms with Crippen LogP contribution in [0.2, 0.25) is 0 Å². The van der Waals surface area contributed by atoms with Gasteiger partial charge in [-0.15, -0.1) is 0 Å². The van der Waals surface area contributed by atoms with Gasteiger partial charge in [0.2, 0.25) is 0 Å². The molecular weight excluding hydrogens is 212 g/mol. The molecular formula is C15H18O2. The molecule has 1 aromatic carbocycles. The Bertz CT molecular complexity index is 382. The fourth-order valence-corrected chi connectivity index (χ4v) is 1.21. The zero-order valence-electron chi connectivity index (χ0n) is 10.1. The van der Waals surface area contributed by atoms with Crippen LogP contribution in [0.5, 0.6) is 0 Å². The summed E-state index contributed by atoms with van der Waals surface area (Å²) in [6.45, 7) is 2.96. The fourth-order valence-electron chi connectivity index (χ4n) is 1.21. The quantitative estimate of drug-likeness (QED) is 0.622. The van der Waals surface area contributed by atoms with Gasteiger partial charge >= 0.3 is 0 Å². The normalized spacial score (nSPS) is 12.1. The van der Waals surface area contributed by atoms with E-state index in [4.69, 9.17) is 9.84 Å². The molecule has 1 aromatic rings. The van der Waals surface area contributed by atoms with Gasteiger partial charge in [0.1, 0.15) is 0 Å². The van der Waals surface area contributed by atoms with Gasteiger partial charge in [-0.05, 0) is 24.6 Å². The van der Waals surface area contributed by atoms with Crippen molar-refractivity contribution in [3.63, 3.8) is 0 Å². The molecule has 0 unspecified atom stereocenters. The lowest BCUT2D eigenvalue weighted by molar-refractivity contribution is 0.126. The van der Waals surface area contributed by atoms with Crippen LogP contribution in [0.25, 0.3) is 0 Å². The topological polar surface area (TPSA) is 29.5 Å². The Morgan fingerprint density at radius 1 is 1.35 bits per heavy atom. The predicted octanol–water partition coefficient (Wildman–Crippen LogP) is 2.53. The van der Waals surface area contributed by atoms with Gasteiger partial charge in [0.25, 0.3) is 0 Å². The number of aliphatic hydroxyl groups excluding tert-OH is 1. The first kappa shape index (κ1) is 13.5. The number of hydrogen-bond acceptors (Lipinski definition) is 2. The Morgan fingerprint density at radius 2 is 2.12 bits per heavy atom. The summed E-state index contributed by atoms with van der Waals surface area (Å²) in [4.78, 5) is 0. The summed E-state index contributed by atoms with van der Waals surface area (Å²) in [5, 5.41) is 8.94. The molecule has 0 aliphatic rings. The molecule has 0 spiro atoms. The maximum Gasteiger partial charge on any atom is 0.0717 e. The van der Waals surface area contributed by atoms with Crippen molar-refractivity contribution in [3.8, 4) is 11.8 Å². The number of hydrogen-bond donors (Lipinski definition) is 1. The van der Waals surface area contributed by atoms with Crippen LogP contribution in [0, 0.1) is 11.8 Å². The standard InChI is InChI=1S/C15H18O2/c1-14(16)9-5-2-3-8-12-17-13-15-10-6-4-7-11-15/h4-7,9-11,14,16H,8,12-13H2,1H3/b9-5+/t14-/m1/s1. The van der Waals surface area contributed by atoms with Crippen molar-refractivity contribution >= 4 is 0 Å². The number of benzene rings is 1. The molecule has 1 rings (SSSR count). The number of aliphatic hydroxyl groups is 1. The third-order valence-corrected chi connectivity index (χ3v) is 2.04. The average molecular weight is 230 g/mol. The summed E-state index contributed by atoms with van der Waals surface area (Å²) in [5.74, 6) is 5.80. The molecule has 0 aromatic heterocycles. The summed E-state index contributed by atoms with van der Waals surface area (Å²) >= 11 is 0. The van der Waals surface area contributed by atoms with E-state index in [2.05, 4.69) is 11.8 Å². The van der Waals surface area contributed by atoms with Crippen LogP contribution in [0.15, 0.2) is 42.5 Å². The first-order chi connectivity index (χ1) is 8.29. The molecule has 2 heteroatoms. The van der Waals surface area contributed by atoms with Gasteiger partial charge in [0, 0.05) is 6.42 Å². The summed E-state index contributed by atoms with van der Waals surface area (Å²) in [6, 6.07) is 10.1. The van der Waals surface area contributed by atoms with Gasteiger partial charge in [-0.2, -0.15) is 0 Å². The van der Waals surface area contributed by atoms with E-state index in [1.54, 1.807) is 19.1 Å². The highest BCUT2D eigenvalue weighted by molar-refractivity contribution is 5.16. The van der Waals surface area contributed by atoms with Crippen LogP contribution in [-0.2, 0) is 11.3 Å². The molecule has 0 saturated heterocycles. The Balaban J connectivity index is 2.09. The molecule has 90 valence electrons. The summed E-state index contributed by atoms with van der Waals surface area (Å²) < 4.78 is 5.47. The van der Waals surface area contributed by atoms with Crippen molar-refractivity contribution in [1.29, 1.82) is 0 Å². The predicted molar refractivity (Wildman–Crippen MR) is 69.3 cm³/mol. The number of ether oxygens (including phenoxy) is 1. The van der Waals surface area contributed by atoms with Crippen LogP contribution >= 0.6 is 0 Å². The highest BCUT2D eigenvalue weighted by atomic mass is 16.5. The fraction of sp³-hybridized carbons (Fsp3) is 0.333. The van der Waals surface area contributed by atoms with Crippen molar-refractivity contribution in [2.24, 2.45) is 0 Å². The van der Waals surface area contributed by atoms with Crippen molar-refractivity contribution in [1.82, 2.24) is 0 Å². The van der Waals surface area contributed by atoms with Crippen LogP contribution in [0.1, 0.15) is 18.9 Å². The Kier molecular flexibility index (Phi) is 6.81. The number of rotatable bonds is 5. The van der Waals surface area contributed by atoms with E-state index < -0.39 is 6.10 Å². The molecule has 0 amide bonds. The van der Waals surface area contributed by atoms with Gasteiger partial charge in [-0.1, -0.05) is 42.2 Å². The second-order valence-electron chi connectivity index (χ2n) is 3.71. The van der Waals surface area contributed by atoms with Crippen molar-refractivity contribution < 1.29 is 9.84 Å². The average Bonchev–Trinajstić information content (AvgIpc) is 2.33. The second-order valence-corrected chi connectivity index (χ2v) is 3.71. The van der Waals surface area contributed by atoms with E-state index in [0.717, 1.165) is 0 Å². The maximum absolute atomic E-state index is 8.94. The number of allylic oxidation sites excluding steroid dienone is 1. The smallest absolute Gasteiger partial charge is 0.0717 e. The Labute approximate surface area is 103 Å². The van der Waals surface area contributed by atoms with Gasteiger partial charge < -0.3 is 9.84 Å². The first-order valence-electron chi connectivity index (χ1n) is 5.74. The van der Waals surface area contributed by atoms with Crippen molar-refractivity contribution in [2.75, 3.05) is 6.61 Å². The summed E-state index contributed by atoms with van der Waals surface area (Å²) in [5.41, 5.74) is 1.18. The molecule has 1 N–H and O–H groups in total. The van der Waals surface area contributed by atoms with Crippen molar-refractivity contribution in [2.45, 2.75) is 26.1 Å². The molecule has 0 aliphatic heterocycles. The van der Waals surface area contributed by atoms with E-state index in [0.29, 0.717) is 19.6 Å². The molecule has 0 fully saturated rings. The minimum atomic E-state index is -0.432. The van der Waals surface area contributed by atoms with Gasteiger partial charge in [0.15, 0.2) is 0 Å². The van der Waals surface area contributed by atoms with Crippen LogP contribution in [0.4, 0.5) is 0 Å². The minimum Gasteiger partial charge on any atom is -0.389 e. The van der Waals surface area contributed by atoms with Crippen LogP contribution < -0.4 is 0 Å². The monoisotopic (exact) mass is 230 g/mol. The molecule has 0 aliphatic carbocycles. The van der Waals surface area contributed by atoms with Crippen LogP contribution in [-0.4, -0.2) is 17.8 Å². The third-order valence-electron chi connectivity index (χ3n) is 2.04. The molecule has 17 heavy (non-hydrogen) atoms. The van der Waals surface area contributed by atoms with Gasteiger partial charge in [-0.25, -0.2) is 0 Å². The van der Waals surface area contributed by atoms with Crippen LogP contribution in [0.3, 0.4) is 0 Å². The minimum absolute atomic E-state index is 0.432.